The largest absolute Gasteiger partial charge is 0.480 e. The molecule has 0 aromatic heterocycles. The third-order valence-corrected chi connectivity index (χ3v) is 5.36. The maximum Gasteiger partial charge on any atom is 0.265 e. The molecular weight excluding hydrogens is 352 g/mol. The number of amides is 1. The number of halogens is 1. The molecule has 126 valence electrons. The lowest BCUT2D eigenvalue weighted by molar-refractivity contribution is -0.122. The summed E-state index contributed by atoms with van der Waals surface area (Å²) in [7, 11) is -2.16. The van der Waals surface area contributed by atoms with Gasteiger partial charge in [0.25, 0.3) is 5.91 Å². The van der Waals surface area contributed by atoms with Gasteiger partial charge in [-0.2, -0.15) is 0 Å². The zero-order valence-electron chi connectivity index (χ0n) is 12.7. The number of ether oxygens (including phenoxy) is 1. The zero-order chi connectivity index (χ0) is 17.3. The number of rotatable bonds is 4. The molecule has 1 aliphatic heterocycles. The van der Waals surface area contributed by atoms with Gasteiger partial charge in [-0.15, -0.1) is 0 Å². The predicted molar refractivity (Wildman–Crippen MR) is 90.9 cm³/mol. The maximum absolute atomic E-state index is 12.3. The molecule has 0 saturated heterocycles. The molecule has 1 amide bonds. The molecule has 0 bridgehead atoms. The van der Waals surface area contributed by atoms with Crippen molar-refractivity contribution >= 4 is 33.2 Å². The van der Waals surface area contributed by atoms with Crippen LogP contribution in [-0.2, 0) is 21.2 Å². The number of hydrogen-bond acceptors (Lipinski definition) is 4. The third-order valence-electron chi connectivity index (χ3n) is 3.69. The number of carbonyl (C=O) groups is 1. The number of sulfonamides is 1. The molecule has 6 nitrogen and oxygen atoms in total. The van der Waals surface area contributed by atoms with Crippen LogP contribution >= 0.6 is 11.6 Å². The van der Waals surface area contributed by atoms with E-state index in [1.807, 2.05) is 0 Å². The molecule has 3 rings (SSSR count). The molecule has 1 heterocycles. The van der Waals surface area contributed by atoms with Gasteiger partial charge in [0, 0.05) is 17.1 Å². The average molecular weight is 367 g/mol. The highest BCUT2D eigenvalue weighted by molar-refractivity contribution is 7.89. The molecule has 1 aliphatic rings. The Hall–Kier alpha value is -2.09. The molecule has 24 heavy (non-hydrogen) atoms. The van der Waals surface area contributed by atoms with Crippen LogP contribution in [0.25, 0.3) is 0 Å². The lowest BCUT2D eigenvalue weighted by Gasteiger charge is -2.11. The van der Waals surface area contributed by atoms with E-state index in [0.717, 1.165) is 5.56 Å². The maximum atomic E-state index is 12.3. The summed E-state index contributed by atoms with van der Waals surface area (Å²) in [5.74, 6) is 0.349. The van der Waals surface area contributed by atoms with E-state index < -0.39 is 16.1 Å². The molecule has 0 unspecified atom stereocenters. The van der Waals surface area contributed by atoms with Gasteiger partial charge in [0.15, 0.2) is 6.10 Å². The van der Waals surface area contributed by atoms with E-state index in [2.05, 4.69) is 10.0 Å². The molecular formula is C16H15ClN2O4S. The summed E-state index contributed by atoms with van der Waals surface area (Å²) in [5.41, 5.74) is 1.38. The van der Waals surface area contributed by atoms with Crippen LogP contribution in [0, 0.1) is 0 Å². The molecule has 1 atom stereocenters. The monoisotopic (exact) mass is 366 g/mol. The van der Waals surface area contributed by atoms with Gasteiger partial charge >= 0.3 is 0 Å². The fourth-order valence-corrected chi connectivity index (χ4v) is 3.35. The van der Waals surface area contributed by atoms with Gasteiger partial charge in [0.2, 0.25) is 10.0 Å². The first-order valence-corrected chi connectivity index (χ1v) is 9.05. The number of anilines is 1. The van der Waals surface area contributed by atoms with Crippen molar-refractivity contribution in [2.24, 2.45) is 0 Å². The number of carbonyl (C=O) groups excluding carboxylic acids is 1. The van der Waals surface area contributed by atoms with E-state index >= 15 is 0 Å². The SMILES string of the molecule is CNS(=O)(=O)c1ccc(NC(=O)[C@@H]2Cc3cc(Cl)ccc3O2)cc1. The molecule has 2 aromatic carbocycles. The topological polar surface area (TPSA) is 84.5 Å². The van der Waals surface area contributed by atoms with Gasteiger partial charge in [0.05, 0.1) is 4.90 Å². The summed E-state index contributed by atoms with van der Waals surface area (Å²) in [6.45, 7) is 0. The fraction of sp³-hybridized carbons (Fsp3) is 0.188. The van der Waals surface area contributed by atoms with Crippen LogP contribution in [0.5, 0.6) is 5.75 Å². The number of fused-ring (bicyclic) bond motifs is 1. The van der Waals surface area contributed by atoms with E-state index in [1.54, 1.807) is 18.2 Å². The normalized spacial score (nSPS) is 16.3. The van der Waals surface area contributed by atoms with Crippen LogP contribution in [0.15, 0.2) is 47.4 Å². The summed E-state index contributed by atoms with van der Waals surface area (Å²) in [6.07, 6.45) is -0.201. The van der Waals surface area contributed by atoms with Gasteiger partial charge in [-0.05, 0) is 55.1 Å². The lowest BCUT2D eigenvalue weighted by Crippen LogP contribution is -2.31. The highest BCUT2D eigenvalue weighted by atomic mass is 35.5. The van der Waals surface area contributed by atoms with Crippen LogP contribution in [-0.4, -0.2) is 27.5 Å². The average Bonchev–Trinajstić information content (AvgIpc) is 2.98. The van der Waals surface area contributed by atoms with Crippen molar-refractivity contribution in [1.82, 2.24) is 4.72 Å². The van der Waals surface area contributed by atoms with Crippen LogP contribution in [0.1, 0.15) is 5.56 Å². The first-order chi connectivity index (χ1) is 11.4. The summed E-state index contributed by atoms with van der Waals surface area (Å²) in [4.78, 5) is 12.4. The Morgan fingerprint density at radius 3 is 2.58 bits per heavy atom. The minimum atomic E-state index is -3.50. The molecule has 0 aliphatic carbocycles. The van der Waals surface area contributed by atoms with Crippen molar-refractivity contribution < 1.29 is 17.9 Å². The molecule has 8 heteroatoms. The van der Waals surface area contributed by atoms with Gasteiger partial charge in [-0.3, -0.25) is 4.79 Å². The Kier molecular flexibility index (Phi) is 4.49. The van der Waals surface area contributed by atoms with E-state index in [1.165, 1.54) is 31.3 Å². The Balaban J connectivity index is 1.68. The highest BCUT2D eigenvalue weighted by Gasteiger charge is 2.29. The van der Waals surface area contributed by atoms with Crippen LogP contribution < -0.4 is 14.8 Å². The van der Waals surface area contributed by atoms with Gasteiger partial charge in [-0.1, -0.05) is 11.6 Å². The Morgan fingerprint density at radius 1 is 1.21 bits per heavy atom. The minimum Gasteiger partial charge on any atom is -0.480 e. The van der Waals surface area contributed by atoms with Crippen LogP contribution in [0.2, 0.25) is 5.02 Å². The van der Waals surface area contributed by atoms with E-state index in [9.17, 15) is 13.2 Å². The Bertz CT molecular complexity index is 881. The Morgan fingerprint density at radius 2 is 1.92 bits per heavy atom. The standard InChI is InChI=1S/C16H15ClN2O4S/c1-18-24(21,22)13-5-3-12(4-6-13)19-16(20)15-9-10-8-11(17)2-7-14(10)23-15/h2-8,15,18H,9H2,1H3,(H,19,20)/t15-/m0/s1. The van der Waals surface area contributed by atoms with Crippen molar-refractivity contribution in [3.63, 3.8) is 0 Å². The molecule has 0 fully saturated rings. The van der Waals surface area contributed by atoms with Crippen LogP contribution in [0.4, 0.5) is 5.69 Å². The van der Waals surface area contributed by atoms with Crippen molar-refractivity contribution in [3.8, 4) is 5.75 Å². The summed E-state index contributed by atoms with van der Waals surface area (Å²) in [5, 5.41) is 3.31. The molecule has 0 saturated carbocycles. The Labute approximate surface area is 144 Å². The quantitative estimate of drug-likeness (QED) is 0.868. The number of hydrogen-bond donors (Lipinski definition) is 2. The second kappa shape index (κ2) is 6.43. The zero-order valence-corrected chi connectivity index (χ0v) is 14.3. The van der Waals surface area contributed by atoms with E-state index in [-0.39, 0.29) is 10.8 Å². The fourth-order valence-electron chi connectivity index (χ4n) is 2.42. The smallest absolute Gasteiger partial charge is 0.265 e. The molecule has 0 spiro atoms. The van der Waals surface area contributed by atoms with E-state index in [4.69, 9.17) is 16.3 Å². The second-order valence-corrected chi connectivity index (χ2v) is 7.61. The predicted octanol–water partition coefficient (Wildman–Crippen LogP) is 2.19. The molecule has 0 radical (unpaired) electrons. The van der Waals surface area contributed by atoms with Gasteiger partial charge < -0.3 is 10.1 Å². The van der Waals surface area contributed by atoms with Gasteiger partial charge in [0.1, 0.15) is 5.75 Å². The van der Waals surface area contributed by atoms with Crippen molar-refractivity contribution in [2.45, 2.75) is 17.4 Å². The van der Waals surface area contributed by atoms with Crippen molar-refractivity contribution in [2.75, 3.05) is 12.4 Å². The van der Waals surface area contributed by atoms with E-state index in [0.29, 0.717) is 22.9 Å². The summed E-state index contributed by atoms with van der Waals surface area (Å²) in [6, 6.07) is 11.1. The summed E-state index contributed by atoms with van der Waals surface area (Å²) < 4.78 is 31.2. The molecule has 2 N–H and O–H groups in total. The number of nitrogens with one attached hydrogen (secondary N) is 2. The summed E-state index contributed by atoms with van der Waals surface area (Å²) >= 11 is 5.93. The minimum absolute atomic E-state index is 0.127. The second-order valence-electron chi connectivity index (χ2n) is 5.28. The number of benzene rings is 2. The van der Waals surface area contributed by atoms with Crippen molar-refractivity contribution in [1.29, 1.82) is 0 Å². The van der Waals surface area contributed by atoms with Crippen LogP contribution in [0.3, 0.4) is 0 Å². The first-order valence-electron chi connectivity index (χ1n) is 7.18. The lowest BCUT2D eigenvalue weighted by atomic mass is 10.1. The van der Waals surface area contributed by atoms with Gasteiger partial charge in [-0.25, -0.2) is 13.1 Å². The highest BCUT2D eigenvalue weighted by Crippen LogP contribution is 2.31. The first kappa shape index (κ1) is 16.8. The van der Waals surface area contributed by atoms with Crippen molar-refractivity contribution in [3.05, 3.63) is 53.1 Å². The third kappa shape index (κ3) is 3.38. The molecule has 2 aromatic rings.